The third-order valence-corrected chi connectivity index (χ3v) is 4.11. The fraction of sp³-hybridized carbons (Fsp3) is 0.0769. The van der Waals surface area contributed by atoms with Crippen LogP contribution >= 0.6 is 22.9 Å². The molecule has 2 aromatic heterocycles. The minimum Gasteiger partial charge on any atom is -0.477 e. The minimum absolute atomic E-state index is 0.272. The molecule has 2 heterocycles. The Hall–Kier alpha value is -1.85. The molecular formula is C13H9ClN2O2S. The highest BCUT2D eigenvalue weighted by Crippen LogP contribution is 2.33. The molecular weight excluding hydrogens is 284 g/mol. The summed E-state index contributed by atoms with van der Waals surface area (Å²) in [5.41, 5.74) is 2.30. The topological polar surface area (TPSA) is 54.6 Å². The number of benzene rings is 1. The highest BCUT2D eigenvalue weighted by Gasteiger charge is 2.21. The first-order chi connectivity index (χ1) is 9.08. The van der Waals surface area contributed by atoms with Crippen molar-refractivity contribution in [3.8, 4) is 11.3 Å². The number of hydrogen-bond acceptors (Lipinski definition) is 3. The van der Waals surface area contributed by atoms with Gasteiger partial charge in [0.1, 0.15) is 4.88 Å². The zero-order chi connectivity index (χ0) is 13.6. The Morgan fingerprint density at radius 2 is 2.26 bits per heavy atom. The van der Waals surface area contributed by atoms with Gasteiger partial charge in [-0.2, -0.15) is 0 Å². The summed E-state index contributed by atoms with van der Waals surface area (Å²) in [7, 11) is 0. The summed E-state index contributed by atoms with van der Waals surface area (Å²) < 4.78 is 1.85. The average Bonchev–Trinajstić information content (AvgIpc) is 2.90. The number of thiazole rings is 1. The number of carboxylic acids is 1. The maximum Gasteiger partial charge on any atom is 0.348 e. The van der Waals surface area contributed by atoms with Crippen LogP contribution in [0.5, 0.6) is 0 Å². The van der Waals surface area contributed by atoms with E-state index in [4.69, 9.17) is 11.6 Å². The molecule has 1 aromatic carbocycles. The van der Waals surface area contributed by atoms with Crippen LogP contribution in [-0.2, 0) is 0 Å². The Bertz CT molecular complexity index is 791. The molecule has 1 N–H and O–H groups in total. The molecule has 3 rings (SSSR count). The Morgan fingerprint density at radius 3 is 2.95 bits per heavy atom. The summed E-state index contributed by atoms with van der Waals surface area (Å²) >= 11 is 7.15. The number of rotatable bonds is 2. The molecule has 0 atom stereocenters. The summed E-state index contributed by atoms with van der Waals surface area (Å²) in [5, 5.41) is 9.92. The lowest BCUT2D eigenvalue weighted by Gasteiger charge is -2.04. The number of aromatic nitrogens is 2. The second-order valence-corrected chi connectivity index (χ2v) is 5.53. The van der Waals surface area contributed by atoms with Crippen molar-refractivity contribution in [2.45, 2.75) is 6.92 Å². The van der Waals surface area contributed by atoms with Crippen LogP contribution in [-0.4, -0.2) is 20.5 Å². The first kappa shape index (κ1) is 12.2. The molecule has 6 heteroatoms. The maximum atomic E-state index is 11.4. The second kappa shape index (κ2) is 4.36. The van der Waals surface area contributed by atoms with Gasteiger partial charge in [0.2, 0.25) is 0 Å². The summed E-state index contributed by atoms with van der Waals surface area (Å²) in [6.45, 7) is 1.90. The van der Waals surface area contributed by atoms with Crippen LogP contribution in [0.1, 0.15) is 15.4 Å². The van der Waals surface area contributed by atoms with Gasteiger partial charge in [-0.05, 0) is 19.1 Å². The zero-order valence-electron chi connectivity index (χ0n) is 9.92. The average molecular weight is 293 g/mol. The monoisotopic (exact) mass is 292 g/mol. The number of aromatic carboxylic acids is 1. The van der Waals surface area contributed by atoms with Gasteiger partial charge in [-0.25, -0.2) is 9.78 Å². The van der Waals surface area contributed by atoms with Crippen molar-refractivity contribution in [2.24, 2.45) is 0 Å². The largest absolute Gasteiger partial charge is 0.477 e. The lowest BCUT2D eigenvalue weighted by atomic mass is 10.1. The number of carboxylic acid groups (broad SMARTS) is 1. The first-order valence-corrected chi connectivity index (χ1v) is 6.73. The fourth-order valence-corrected chi connectivity index (χ4v) is 3.24. The van der Waals surface area contributed by atoms with Gasteiger partial charge in [-0.1, -0.05) is 35.1 Å². The summed E-state index contributed by atoms with van der Waals surface area (Å²) in [5.74, 6) is -0.954. The van der Waals surface area contributed by atoms with Crippen LogP contribution in [0.3, 0.4) is 0 Å². The van der Waals surface area contributed by atoms with E-state index in [1.165, 1.54) is 0 Å². The molecule has 0 radical (unpaired) electrons. The van der Waals surface area contributed by atoms with Gasteiger partial charge >= 0.3 is 5.97 Å². The van der Waals surface area contributed by atoms with Gasteiger partial charge in [0.05, 0.1) is 5.69 Å². The van der Waals surface area contributed by atoms with Crippen LogP contribution in [0.25, 0.3) is 16.2 Å². The Balaban J connectivity index is 2.39. The van der Waals surface area contributed by atoms with Gasteiger partial charge in [0.15, 0.2) is 4.96 Å². The number of imidazole rings is 1. The maximum absolute atomic E-state index is 11.4. The summed E-state index contributed by atoms with van der Waals surface area (Å²) in [4.78, 5) is 16.6. The van der Waals surface area contributed by atoms with Crippen LogP contribution in [0, 0.1) is 6.92 Å². The second-order valence-electron chi connectivity index (χ2n) is 4.11. The lowest BCUT2D eigenvalue weighted by molar-refractivity contribution is 0.0702. The van der Waals surface area contributed by atoms with Crippen LogP contribution in [0.15, 0.2) is 30.5 Å². The molecule has 0 amide bonds. The molecule has 0 unspecified atom stereocenters. The number of aryl methyl sites for hydroxylation is 1. The number of fused-ring (bicyclic) bond motifs is 1. The van der Waals surface area contributed by atoms with Crippen molar-refractivity contribution in [1.82, 2.24) is 9.38 Å². The molecule has 19 heavy (non-hydrogen) atoms. The van der Waals surface area contributed by atoms with Crippen LogP contribution in [0.4, 0.5) is 0 Å². The fourth-order valence-electron chi connectivity index (χ4n) is 2.04. The van der Waals surface area contributed by atoms with E-state index in [-0.39, 0.29) is 4.88 Å². The van der Waals surface area contributed by atoms with Gasteiger partial charge in [0.25, 0.3) is 0 Å². The minimum atomic E-state index is -0.954. The highest BCUT2D eigenvalue weighted by molar-refractivity contribution is 7.19. The van der Waals surface area contributed by atoms with E-state index >= 15 is 0 Å². The normalized spacial score (nSPS) is 11.1. The summed E-state index contributed by atoms with van der Waals surface area (Å²) in [6, 6.07) is 7.17. The van der Waals surface area contributed by atoms with Gasteiger partial charge in [-0.15, -0.1) is 0 Å². The van der Waals surface area contributed by atoms with E-state index in [2.05, 4.69) is 4.98 Å². The van der Waals surface area contributed by atoms with E-state index in [0.29, 0.717) is 15.7 Å². The van der Waals surface area contributed by atoms with E-state index in [0.717, 1.165) is 22.6 Å². The smallest absolute Gasteiger partial charge is 0.348 e. The van der Waals surface area contributed by atoms with Crippen LogP contribution in [0.2, 0.25) is 5.02 Å². The molecule has 96 valence electrons. The predicted molar refractivity (Wildman–Crippen MR) is 75.2 cm³/mol. The molecule has 0 saturated carbocycles. The summed E-state index contributed by atoms with van der Waals surface area (Å²) in [6.07, 6.45) is 1.73. The van der Waals surface area contributed by atoms with E-state index in [1.807, 2.05) is 17.4 Å². The standard InChI is InChI=1S/C13H9ClN2O2S/c1-7-6-15-13-16(7)10(11(19-13)12(17)18)8-3-2-4-9(14)5-8/h2-6H,1H3,(H,17,18). The number of carbonyl (C=O) groups is 1. The van der Waals surface area contributed by atoms with Crippen molar-refractivity contribution in [1.29, 1.82) is 0 Å². The van der Waals surface area contributed by atoms with E-state index in [9.17, 15) is 9.90 Å². The molecule has 4 nitrogen and oxygen atoms in total. The van der Waals surface area contributed by atoms with Crippen molar-refractivity contribution in [3.05, 3.63) is 46.1 Å². The SMILES string of the molecule is Cc1cnc2sc(C(=O)O)c(-c3cccc(Cl)c3)n12. The third-order valence-electron chi connectivity index (χ3n) is 2.83. The zero-order valence-corrected chi connectivity index (χ0v) is 11.5. The van der Waals surface area contributed by atoms with Gasteiger partial charge in [0, 0.05) is 22.5 Å². The van der Waals surface area contributed by atoms with Crippen molar-refractivity contribution in [2.75, 3.05) is 0 Å². The molecule has 0 aliphatic carbocycles. The Kier molecular flexibility index (Phi) is 2.80. The molecule has 0 aliphatic heterocycles. The van der Waals surface area contributed by atoms with E-state index in [1.54, 1.807) is 24.4 Å². The van der Waals surface area contributed by atoms with Gasteiger partial charge in [-0.3, -0.25) is 4.40 Å². The quantitative estimate of drug-likeness (QED) is 0.783. The number of halogens is 1. The Morgan fingerprint density at radius 1 is 1.47 bits per heavy atom. The van der Waals surface area contributed by atoms with Crippen molar-refractivity contribution < 1.29 is 9.90 Å². The molecule has 0 aliphatic rings. The molecule has 0 bridgehead atoms. The van der Waals surface area contributed by atoms with Crippen molar-refractivity contribution in [3.63, 3.8) is 0 Å². The van der Waals surface area contributed by atoms with E-state index < -0.39 is 5.97 Å². The number of hydrogen-bond donors (Lipinski definition) is 1. The van der Waals surface area contributed by atoms with Crippen LogP contribution < -0.4 is 0 Å². The first-order valence-electron chi connectivity index (χ1n) is 5.54. The molecule has 0 saturated heterocycles. The Labute approximate surface area is 117 Å². The molecule has 0 fully saturated rings. The molecule has 3 aromatic rings. The predicted octanol–water partition coefficient (Wildman–Crippen LogP) is 3.72. The third kappa shape index (κ3) is 1.91. The lowest BCUT2D eigenvalue weighted by Crippen LogP contribution is -1.98. The van der Waals surface area contributed by atoms with Gasteiger partial charge < -0.3 is 5.11 Å². The van der Waals surface area contributed by atoms with Crippen molar-refractivity contribution >= 4 is 33.9 Å². The molecule has 0 spiro atoms. The number of nitrogens with zero attached hydrogens (tertiary/aromatic N) is 2. The highest BCUT2D eigenvalue weighted by atomic mass is 35.5.